The number of benzene rings is 1. The van der Waals surface area contributed by atoms with Crippen molar-refractivity contribution < 1.29 is 9.53 Å². The predicted molar refractivity (Wildman–Crippen MR) is 126 cm³/mol. The van der Waals surface area contributed by atoms with Crippen molar-refractivity contribution in [2.24, 2.45) is 0 Å². The fourth-order valence-corrected chi connectivity index (χ4v) is 3.97. The number of pyridine rings is 1. The first kappa shape index (κ1) is 20.7. The lowest BCUT2D eigenvalue weighted by Crippen LogP contribution is -2.47. The lowest BCUT2D eigenvalue weighted by molar-refractivity contribution is -0.116. The first-order valence-corrected chi connectivity index (χ1v) is 10.7. The van der Waals surface area contributed by atoms with Crippen molar-refractivity contribution in [2.45, 2.75) is 6.54 Å². The van der Waals surface area contributed by atoms with Gasteiger partial charge in [-0.1, -0.05) is 12.1 Å². The summed E-state index contributed by atoms with van der Waals surface area (Å²) in [4.78, 5) is 30.4. The number of amides is 1. The van der Waals surface area contributed by atoms with E-state index in [-0.39, 0.29) is 12.5 Å². The van der Waals surface area contributed by atoms with E-state index in [0.29, 0.717) is 17.1 Å². The number of nitrogens with zero attached hydrogens (tertiary/aromatic N) is 7. The van der Waals surface area contributed by atoms with E-state index in [2.05, 4.69) is 35.2 Å². The summed E-state index contributed by atoms with van der Waals surface area (Å²) in [5, 5.41) is 8.11. The number of hydrogen-bond donors (Lipinski definition) is 1. The number of nitrogens with one attached hydrogen (secondary N) is 1. The summed E-state index contributed by atoms with van der Waals surface area (Å²) in [5.74, 6) is 2.30. The van der Waals surface area contributed by atoms with Gasteiger partial charge in [0, 0.05) is 44.1 Å². The Hall–Kier alpha value is -4.21. The van der Waals surface area contributed by atoms with Crippen molar-refractivity contribution in [3.8, 4) is 5.75 Å². The molecule has 0 saturated carbocycles. The molecule has 1 fully saturated rings. The minimum Gasteiger partial charge on any atom is -0.497 e. The molecule has 4 aromatic rings. The summed E-state index contributed by atoms with van der Waals surface area (Å²) >= 11 is 0. The van der Waals surface area contributed by atoms with Crippen molar-refractivity contribution >= 4 is 34.3 Å². The molecule has 10 heteroatoms. The Kier molecular flexibility index (Phi) is 5.71. The summed E-state index contributed by atoms with van der Waals surface area (Å²) in [6.45, 7) is 3.36. The zero-order valence-corrected chi connectivity index (χ0v) is 18.3. The van der Waals surface area contributed by atoms with Gasteiger partial charge in [0.1, 0.15) is 30.3 Å². The number of carbonyl (C=O) groups is 1. The second-order valence-electron chi connectivity index (χ2n) is 7.68. The molecule has 10 nitrogen and oxygen atoms in total. The lowest BCUT2D eigenvalue weighted by atomic mass is 10.2. The van der Waals surface area contributed by atoms with Crippen LogP contribution in [0.15, 0.2) is 61.2 Å². The van der Waals surface area contributed by atoms with Crippen LogP contribution < -0.4 is 19.9 Å². The number of hydrogen-bond acceptors (Lipinski definition) is 8. The molecular weight excluding hydrogens is 420 g/mol. The highest BCUT2D eigenvalue weighted by molar-refractivity contribution is 5.92. The molecule has 0 radical (unpaired) electrons. The van der Waals surface area contributed by atoms with Crippen LogP contribution in [-0.2, 0) is 11.3 Å². The third kappa shape index (κ3) is 4.40. The van der Waals surface area contributed by atoms with Crippen LogP contribution in [-0.4, -0.2) is 63.9 Å². The number of carbonyl (C=O) groups excluding carboxylic acids is 1. The van der Waals surface area contributed by atoms with Gasteiger partial charge in [0.25, 0.3) is 0 Å². The fourth-order valence-electron chi connectivity index (χ4n) is 3.97. The molecule has 1 saturated heterocycles. The first-order valence-electron chi connectivity index (χ1n) is 10.7. The minimum absolute atomic E-state index is 0.0462. The molecule has 0 aliphatic carbocycles. The van der Waals surface area contributed by atoms with E-state index in [1.165, 1.54) is 6.33 Å². The minimum atomic E-state index is -0.197. The van der Waals surface area contributed by atoms with Gasteiger partial charge in [-0.3, -0.25) is 4.79 Å². The van der Waals surface area contributed by atoms with Crippen molar-refractivity contribution in [1.29, 1.82) is 0 Å². The van der Waals surface area contributed by atoms with Gasteiger partial charge >= 0.3 is 0 Å². The van der Waals surface area contributed by atoms with E-state index < -0.39 is 0 Å². The van der Waals surface area contributed by atoms with Crippen molar-refractivity contribution in [1.82, 2.24) is 24.7 Å². The quantitative estimate of drug-likeness (QED) is 0.483. The molecule has 0 spiro atoms. The molecule has 5 rings (SSSR count). The standard InChI is InChI=1S/C23H24N8O2/c1-33-18-6-4-5-17(13-18)28-21(32)15-31-23-19(14-27-31)22(25-16-26-23)30-11-9-29(10-12-30)20-7-2-3-8-24-20/h2-8,13-14,16H,9-12,15H2,1H3,(H,28,32). The van der Waals surface area contributed by atoms with Gasteiger partial charge in [-0.2, -0.15) is 5.10 Å². The monoisotopic (exact) mass is 444 g/mol. The average molecular weight is 444 g/mol. The van der Waals surface area contributed by atoms with Gasteiger partial charge in [-0.05, 0) is 24.3 Å². The molecule has 1 aliphatic heterocycles. The Morgan fingerprint density at radius 3 is 2.67 bits per heavy atom. The first-order chi connectivity index (χ1) is 16.2. The Morgan fingerprint density at radius 1 is 1.03 bits per heavy atom. The van der Waals surface area contributed by atoms with Crippen LogP contribution in [0.5, 0.6) is 5.75 Å². The molecule has 33 heavy (non-hydrogen) atoms. The van der Waals surface area contributed by atoms with Crippen molar-refractivity contribution in [3.63, 3.8) is 0 Å². The van der Waals surface area contributed by atoms with E-state index >= 15 is 0 Å². The lowest BCUT2D eigenvalue weighted by Gasteiger charge is -2.36. The van der Waals surface area contributed by atoms with E-state index in [1.807, 2.05) is 42.6 Å². The van der Waals surface area contributed by atoms with Crippen LogP contribution in [0.1, 0.15) is 0 Å². The van der Waals surface area contributed by atoms with Crippen LogP contribution in [0.3, 0.4) is 0 Å². The average Bonchev–Trinajstić information content (AvgIpc) is 3.27. The van der Waals surface area contributed by atoms with Crippen LogP contribution in [0.25, 0.3) is 11.0 Å². The van der Waals surface area contributed by atoms with Gasteiger partial charge in [0.05, 0.1) is 18.7 Å². The molecule has 1 aliphatic rings. The Morgan fingerprint density at radius 2 is 1.88 bits per heavy atom. The van der Waals surface area contributed by atoms with Crippen LogP contribution >= 0.6 is 0 Å². The topological polar surface area (TPSA) is 101 Å². The van der Waals surface area contributed by atoms with Gasteiger partial charge < -0.3 is 19.9 Å². The molecule has 0 bridgehead atoms. The van der Waals surface area contributed by atoms with Gasteiger partial charge in [-0.15, -0.1) is 0 Å². The number of aromatic nitrogens is 5. The SMILES string of the molecule is COc1cccc(NC(=O)Cn2ncc3c(N4CCN(c5ccccn5)CC4)ncnc32)c1. The Labute approximate surface area is 190 Å². The maximum atomic E-state index is 12.6. The molecular formula is C23H24N8O2. The fraction of sp³-hybridized carbons (Fsp3) is 0.261. The third-order valence-corrected chi connectivity index (χ3v) is 5.61. The number of ether oxygens (including phenoxy) is 1. The predicted octanol–water partition coefficient (Wildman–Crippen LogP) is 2.20. The van der Waals surface area contributed by atoms with E-state index in [9.17, 15) is 4.79 Å². The van der Waals surface area contributed by atoms with E-state index in [1.54, 1.807) is 24.1 Å². The number of anilines is 3. The van der Waals surface area contributed by atoms with Crippen LogP contribution in [0.4, 0.5) is 17.3 Å². The maximum Gasteiger partial charge on any atom is 0.246 e. The summed E-state index contributed by atoms with van der Waals surface area (Å²) in [6.07, 6.45) is 5.07. The zero-order valence-electron chi connectivity index (χ0n) is 18.3. The van der Waals surface area contributed by atoms with Gasteiger partial charge in [0.2, 0.25) is 5.91 Å². The molecule has 4 heterocycles. The third-order valence-electron chi connectivity index (χ3n) is 5.61. The second kappa shape index (κ2) is 9.11. The molecule has 168 valence electrons. The number of piperazine rings is 1. The van der Waals surface area contributed by atoms with Crippen molar-refractivity contribution in [3.05, 3.63) is 61.2 Å². The molecule has 0 atom stereocenters. The largest absolute Gasteiger partial charge is 0.497 e. The molecule has 1 aromatic carbocycles. The van der Waals surface area contributed by atoms with Gasteiger partial charge in [0.15, 0.2) is 5.65 Å². The number of fused-ring (bicyclic) bond motifs is 1. The highest BCUT2D eigenvalue weighted by Crippen LogP contribution is 2.25. The maximum absolute atomic E-state index is 12.6. The van der Waals surface area contributed by atoms with E-state index in [4.69, 9.17) is 4.74 Å². The Balaban J connectivity index is 1.29. The normalized spacial score (nSPS) is 13.8. The summed E-state index contributed by atoms with van der Waals surface area (Å²) in [7, 11) is 1.59. The molecule has 0 unspecified atom stereocenters. The molecule has 1 amide bonds. The summed E-state index contributed by atoms with van der Waals surface area (Å²) in [5.41, 5.74) is 1.30. The summed E-state index contributed by atoms with van der Waals surface area (Å²) < 4.78 is 6.80. The highest BCUT2D eigenvalue weighted by atomic mass is 16.5. The number of rotatable bonds is 6. The van der Waals surface area contributed by atoms with Crippen LogP contribution in [0.2, 0.25) is 0 Å². The highest BCUT2D eigenvalue weighted by Gasteiger charge is 2.22. The second-order valence-corrected chi connectivity index (χ2v) is 7.68. The summed E-state index contributed by atoms with van der Waals surface area (Å²) in [6, 6.07) is 13.2. The molecule has 3 aromatic heterocycles. The number of methoxy groups -OCH3 is 1. The smallest absolute Gasteiger partial charge is 0.246 e. The zero-order chi connectivity index (χ0) is 22.6. The van der Waals surface area contributed by atoms with E-state index in [0.717, 1.165) is 43.2 Å². The van der Waals surface area contributed by atoms with Crippen LogP contribution in [0, 0.1) is 0 Å². The molecule has 1 N–H and O–H groups in total. The van der Waals surface area contributed by atoms with Crippen molar-refractivity contribution in [2.75, 3.05) is 48.4 Å². The Bertz CT molecular complexity index is 1250. The van der Waals surface area contributed by atoms with Gasteiger partial charge in [-0.25, -0.2) is 19.6 Å².